The van der Waals surface area contributed by atoms with Gasteiger partial charge in [-0.25, -0.2) is 4.39 Å². The van der Waals surface area contributed by atoms with Crippen LogP contribution in [0.4, 0.5) is 10.2 Å². The van der Waals surface area contributed by atoms with Crippen LogP contribution >= 0.6 is 24.2 Å². The van der Waals surface area contributed by atoms with E-state index in [0.29, 0.717) is 28.3 Å². The number of nitrogens with one attached hydrogen (secondary N) is 1. The Bertz CT molecular complexity index is 1480. The van der Waals surface area contributed by atoms with Crippen LogP contribution in [0.1, 0.15) is 39.2 Å². The molecule has 2 unspecified atom stereocenters. The topological polar surface area (TPSA) is 60.2 Å². The third kappa shape index (κ3) is 5.09. The Hall–Kier alpha value is -2.61. The van der Waals surface area contributed by atoms with Crippen molar-refractivity contribution in [3.63, 3.8) is 0 Å². The predicted molar refractivity (Wildman–Crippen MR) is 155 cm³/mol. The molecule has 4 aromatic rings. The van der Waals surface area contributed by atoms with E-state index >= 15 is 4.39 Å². The van der Waals surface area contributed by atoms with Gasteiger partial charge in [0.25, 0.3) is 0 Å². The number of anilines is 1. The highest BCUT2D eigenvalue weighted by Crippen LogP contribution is 2.42. The number of benzene rings is 3. The van der Waals surface area contributed by atoms with E-state index in [0.717, 1.165) is 41.3 Å². The lowest BCUT2D eigenvalue weighted by Crippen LogP contribution is -2.35. The van der Waals surface area contributed by atoms with E-state index in [1.807, 2.05) is 37.3 Å². The minimum absolute atomic E-state index is 0.0846. The highest BCUT2D eigenvalue weighted by molar-refractivity contribution is 7.80. The molecule has 0 radical (unpaired) electrons. The number of aromatic nitrogens is 2. The van der Waals surface area contributed by atoms with Gasteiger partial charge in [0.1, 0.15) is 17.3 Å². The van der Waals surface area contributed by atoms with E-state index in [1.54, 1.807) is 6.07 Å². The number of thiol groups is 1. The number of hydrogen-bond acceptors (Lipinski definition) is 6. The van der Waals surface area contributed by atoms with Crippen LogP contribution in [-0.2, 0) is 0 Å². The molecule has 1 saturated heterocycles. The van der Waals surface area contributed by atoms with E-state index in [1.165, 1.54) is 0 Å². The van der Waals surface area contributed by atoms with Gasteiger partial charge in [-0.05, 0) is 68.5 Å². The number of halogens is 2. The summed E-state index contributed by atoms with van der Waals surface area (Å²) in [5.74, 6) is 0.220. The first kappa shape index (κ1) is 26.0. The quantitative estimate of drug-likeness (QED) is 0.134. The van der Waals surface area contributed by atoms with Crippen LogP contribution in [0, 0.1) is 12.7 Å². The number of aryl methyl sites for hydroxylation is 1. The maximum absolute atomic E-state index is 16.5. The van der Waals surface area contributed by atoms with Crippen molar-refractivity contribution in [1.29, 1.82) is 0 Å². The van der Waals surface area contributed by atoms with E-state index < -0.39 is 5.82 Å². The van der Waals surface area contributed by atoms with Crippen LogP contribution in [0.25, 0.3) is 32.8 Å². The zero-order valence-electron chi connectivity index (χ0n) is 21.6. The number of fused-ring (bicyclic) bond motifs is 2. The van der Waals surface area contributed by atoms with E-state index in [2.05, 4.69) is 54.7 Å². The van der Waals surface area contributed by atoms with Gasteiger partial charge in [0.2, 0.25) is 0 Å². The molecule has 1 aliphatic rings. The molecule has 37 heavy (non-hydrogen) atoms. The van der Waals surface area contributed by atoms with Gasteiger partial charge < -0.3 is 15.0 Å². The fourth-order valence-corrected chi connectivity index (χ4v) is 5.51. The molecule has 5 rings (SSSR count). The molecule has 1 aliphatic heterocycles. The molecule has 1 aromatic heterocycles. The summed E-state index contributed by atoms with van der Waals surface area (Å²) in [6.45, 7) is 10.2. The monoisotopic (exact) mass is 538 g/mol. The van der Waals surface area contributed by atoms with Gasteiger partial charge in [0.05, 0.1) is 5.02 Å². The summed E-state index contributed by atoms with van der Waals surface area (Å²) < 4.78 is 22.1. The Balaban J connectivity index is 1.69. The van der Waals surface area contributed by atoms with Crippen LogP contribution in [-0.4, -0.2) is 40.6 Å². The summed E-state index contributed by atoms with van der Waals surface area (Å²) in [6.07, 6.45) is 2.02. The molecule has 0 spiro atoms. The molecule has 1 fully saturated rings. The van der Waals surface area contributed by atoms with Gasteiger partial charge in [0.15, 0.2) is 5.82 Å². The Labute approximate surface area is 227 Å². The summed E-state index contributed by atoms with van der Waals surface area (Å²) >= 11 is 11.0. The Morgan fingerprint density at radius 1 is 1.22 bits per heavy atom. The first-order valence-corrected chi connectivity index (χ1v) is 13.7. The van der Waals surface area contributed by atoms with E-state index in [-0.39, 0.29) is 29.0 Å². The maximum Gasteiger partial charge on any atom is 0.319 e. The van der Waals surface area contributed by atoms with E-state index in [4.69, 9.17) is 21.3 Å². The van der Waals surface area contributed by atoms with Gasteiger partial charge in [-0.2, -0.15) is 9.97 Å². The second-order valence-electron chi connectivity index (χ2n) is 10.2. The summed E-state index contributed by atoms with van der Waals surface area (Å²) in [6, 6.07) is 14.1. The van der Waals surface area contributed by atoms with Gasteiger partial charge >= 0.3 is 6.01 Å². The minimum Gasteiger partial charge on any atom is -0.453 e. The van der Waals surface area contributed by atoms with Crippen molar-refractivity contribution >= 4 is 51.7 Å². The molecule has 0 amide bonds. The minimum atomic E-state index is -0.482. The fourth-order valence-electron chi connectivity index (χ4n) is 5.10. The van der Waals surface area contributed by atoms with Crippen LogP contribution in [0.2, 0.25) is 5.02 Å². The standard InChI is InChI=1S/C29H32ClFN4OS/c1-5-35(18(3)10-11-29(4)15-32-29)27-22-14-23(30)24(25(31)26(22)33-28(34-27)36-16-37)21-13-17(2)12-19-8-6-7-9-20(19)21/h6-9,12-14,18,32,37H,5,10-11,15-16H2,1-4H3. The van der Waals surface area contributed by atoms with Gasteiger partial charge in [-0.3, -0.25) is 0 Å². The lowest BCUT2D eigenvalue weighted by Gasteiger charge is -2.31. The van der Waals surface area contributed by atoms with E-state index in [9.17, 15) is 0 Å². The van der Waals surface area contributed by atoms with Gasteiger partial charge in [-0.1, -0.05) is 48.0 Å². The maximum atomic E-state index is 16.5. The third-order valence-electron chi connectivity index (χ3n) is 7.35. The number of nitrogens with zero attached hydrogens (tertiary/aromatic N) is 3. The van der Waals surface area contributed by atoms with Crippen molar-refractivity contribution in [2.24, 2.45) is 0 Å². The Morgan fingerprint density at radius 3 is 2.68 bits per heavy atom. The zero-order chi connectivity index (χ0) is 26.3. The van der Waals surface area contributed by atoms with Crippen LogP contribution in [0.3, 0.4) is 0 Å². The molecule has 1 N–H and O–H groups in total. The first-order valence-electron chi connectivity index (χ1n) is 12.7. The van der Waals surface area contributed by atoms with Crippen molar-refractivity contribution < 1.29 is 9.13 Å². The first-order chi connectivity index (χ1) is 17.7. The average Bonchev–Trinajstić information content (AvgIpc) is 3.61. The summed E-state index contributed by atoms with van der Waals surface area (Å²) in [5, 5.41) is 6.29. The lowest BCUT2D eigenvalue weighted by atomic mass is 9.94. The summed E-state index contributed by atoms with van der Waals surface area (Å²) in [4.78, 5) is 11.3. The highest BCUT2D eigenvalue weighted by Gasteiger charge is 2.36. The average molecular weight is 539 g/mol. The lowest BCUT2D eigenvalue weighted by molar-refractivity contribution is 0.362. The second kappa shape index (κ2) is 10.3. The third-order valence-corrected chi connectivity index (χ3v) is 7.78. The predicted octanol–water partition coefficient (Wildman–Crippen LogP) is 7.17. The van der Waals surface area contributed by atoms with Gasteiger partial charge in [-0.15, -0.1) is 12.6 Å². The highest BCUT2D eigenvalue weighted by atomic mass is 35.5. The smallest absolute Gasteiger partial charge is 0.319 e. The zero-order valence-corrected chi connectivity index (χ0v) is 23.3. The summed E-state index contributed by atoms with van der Waals surface area (Å²) in [5.41, 5.74) is 2.50. The number of hydrogen-bond donors (Lipinski definition) is 2. The Kier molecular flexibility index (Phi) is 7.22. The molecule has 194 valence electrons. The van der Waals surface area contributed by atoms with Crippen molar-refractivity contribution in [3.05, 3.63) is 58.9 Å². The second-order valence-corrected chi connectivity index (χ2v) is 10.8. The van der Waals surface area contributed by atoms with Crippen molar-refractivity contribution in [2.75, 3.05) is 23.9 Å². The molecule has 0 aliphatic carbocycles. The molecular weight excluding hydrogens is 507 g/mol. The summed E-state index contributed by atoms with van der Waals surface area (Å²) in [7, 11) is 0. The molecule has 2 heterocycles. The van der Waals surface area contributed by atoms with Crippen molar-refractivity contribution in [2.45, 2.75) is 52.1 Å². The molecule has 5 nitrogen and oxygen atoms in total. The molecule has 0 saturated carbocycles. The van der Waals surface area contributed by atoms with Crippen LogP contribution < -0.4 is 15.0 Å². The normalized spacial score (nSPS) is 17.8. The molecule has 2 atom stereocenters. The van der Waals surface area contributed by atoms with Crippen molar-refractivity contribution in [3.8, 4) is 17.1 Å². The molecular formula is C29H32ClFN4OS. The number of ether oxygens (including phenoxy) is 1. The van der Waals surface area contributed by atoms with Gasteiger partial charge in [0, 0.05) is 35.6 Å². The van der Waals surface area contributed by atoms with Crippen LogP contribution in [0.15, 0.2) is 42.5 Å². The Morgan fingerprint density at radius 2 is 1.97 bits per heavy atom. The van der Waals surface area contributed by atoms with Crippen molar-refractivity contribution in [1.82, 2.24) is 15.3 Å². The molecule has 8 heteroatoms. The SMILES string of the molecule is CCN(c1nc(OCS)nc2c(F)c(-c3cc(C)cc4ccccc34)c(Cl)cc12)C(C)CCC1(C)CN1. The fraction of sp³-hybridized carbons (Fsp3) is 0.379. The largest absolute Gasteiger partial charge is 0.453 e. The molecule has 0 bridgehead atoms. The number of rotatable bonds is 9. The van der Waals surface area contributed by atoms with Crippen LogP contribution in [0.5, 0.6) is 6.01 Å². The molecule has 3 aromatic carbocycles.